The van der Waals surface area contributed by atoms with Gasteiger partial charge in [0.1, 0.15) is 6.10 Å². The minimum Gasteiger partial charge on any atom is -0.459 e. The Balaban J connectivity index is 2.15. The number of hydrogen-bond donors (Lipinski definition) is 0. The van der Waals surface area contributed by atoms with Crippen LogP contribution >= 0.6 is 0 Å². The van der Waals surface area contributed by atoms with Gasteiger partial charge in [0, 0.05) is 12.4 Å². The molecule has 0 bridgehead atoms. The predicted molar refractivity (Wildman–Crippen MR) is 165 cm³/mol. The second-order valence-corrected chi connectivity index (χ2v) is 11.6. The van der Waals surface area contributed by atoms with Gasteiger partial charge in [-0.25, -0.2) is 4.79 Å². The van der Waals surface area contributed by atoms with Crippen molar-refractivity contribution in [1.82, 2.24) is 4.98 Å². The van der Waals surface area contributed by atoms with Crippen molar-refractivity contribution in [3.05, 3.63) is 30.1 Å². The number of ether oxygens (including phenoxy) is 1. The molecular formula is C35H63NO2. The summed E-state index contributed by atoms with van der Waals surface area (Å²) in [6.07, 6.45) is 38.0. The van der Waals surface area contributed by atoms with Crippen LogP contribution in [0, 0.1) is 0 Å². The van der Waals surface area contributed by atoms with Gasteiger partial charge >= 0.3 is 5.97 Å². The second kappa shape index (κ2) is 27.2. The molecule has 0 saturated carbocycles. The molecular weight excluding hydrogens is 466 g/mol. The molecule has 0 aliphatic heterocycles. The van der Waals surface area contributed by atoms with Gasteiger partial charge in [-0.1, -0.05) is 155 Å². The molecule has 0 unspecified atom stereocenters. The van der Waals surface area contributed by atoms with Crippen molar-refractivity contribution in [2.45, 2.75) is 187 Å². The van der Waals surface area contributed by atoms with Crippen LogP contribution in [0.15, 0.2) is 24.5 Å². The zero-order valence-corrected chi connectivity index (χ0v) is 25.5. The Kier molecular flexibility index (Phi) is 24.8. The zero-order chi connectivity index (χ0) is 27.4. The van der Waals surface area contributed by atoms with E-state index < -0.39 is 0 Å². The van der Waals surface area contributed by atoms with E-state index in [1.165, 1.54) is 154 Å². The van der Waals surface area contributed by atoms with Crippen LogP contribution < -0.4 is 0 Å². The third-order valence-electron chi connectivity index (χ3n) is 7.95. The number of unbranched alkanes of at least 4 members (excludes halogenated alkanes) is 22. The minimum atomic E-state index is -0.185. The summed E-state index contributed by atoms with van der Waals surface area (Å²) in [4.78, 5) is 16.7. The lowest BCUT2D eigenvalue weighted by atomic mass is 10.0. The highest BCUT2D eigenvalue weighted by molar-refractivity contribution is 5.89. The molecule has 0 radical (unpaired) electrons. The summed E-state index contributed by atoms with van der Waals surface area (Å²) in [6.45, 7) is 4.57. The number of esters is 1. The molecule has 0 aliphatic rings. The molecule has 0 saturated heterocycles. The van der Waals surface area contributed by atoms with Gasteiger partial charge in [0.15, 0.2) is 0 Å². The van der Waals surface area contributed by atoms with Gasteiger partial charge < -0.3 is 4.74 Å². The van der Waals surface area contributed by atoms with Gasteiger partial charge in [-0.15, -0.1) is 0 Å². The van der Waals surface area contributed by atoms with Gasteiger partial charge in [-0.3, -0.25) is 4.98 Å². The third-order valence-corrected chi connectivity index (χ3v) is 7.95. The molecule has 0 aromatic carbocycles. The van der Waals surface area contributed by atoms with E-state index in [1.54, 1.807) is 24.5 Å². The average molecular weight is 530 g/mol. The number of nitrogens with zero attached hydrogens (tertiary/aromatic N) is 1. The maximum Gasteiger partial charge on any atom is 0.338 e. The summed E-state index contributed by atoms with van der Waals surface area (Å²) in [5.41, 5.74) is 0.620. The Labute approximate surface area is 237 Å². The van der Waals surface area contributed by atoms with E-state index in [-0.39, 0.29) is 12.1 Å². The Hall–Kier alpha value is -1.38. The van der Waals surface area contributed by atoms with Crippen LogP contribution in [0.2, 0.25) is 0 Å². The van der Waals surface area contributed by atoms with Gasteiger partial charge in [0.2, 0.25) is 0 Å². The van der Waals surface area contributed by atoms with E-state index in [9.17, 15) is 4.79 Å². The second-order valence-electron chi connectivity index (χ2n) is 11.6. The van der Waals surface area contributed by atoms with E-state index in [0.717, 1.165) is 12.8 Å². The quantitative estimate of drug-likeness (QED) is 0.0800. The van der Waals surface area contributed by atoms with Crippen molar-refractivity contribution in [3.63, 3.8) is 0 Å². The summed E-state index contributed by atoms with van der Waals surface area (Å²) in [6, 6.07) is 3.51. The fourth-order valence-corrected chi connectivity index (χ4v) is 5.40. The molecule has 220 valence electrons. The number of rotatable bonds is 28. The number of hydrogen-bond acceptors (Lipinski definition) is 3. The zero-order valence-electron chi connectivity index (χ0n) is 25.5. The first-order valence-corrected chi connectivity index (χ1v) is 16.9. The third kappa shape index (κ3) is 21.5. The molecule has 0 spiro atoms. The van der Waals surface area contributed by atoms with Crippen molar-refractivity contribution in [2.75, 3.05) is 0 Å². The summed E-state index contributed by atoms with van der Waals surface area (Å²) in [5, 5.41) is 0. The Morgan fingerprint density at radius 1 is 0.553 bits per heavy atom. The van der Waals surface area contributed by atoms with E-state index in [2.05, 4.69) is 18.8 Å². The molecule has 3 nitrogen and oxygen atoms in total. The average Bonchev–Trinajstić information content (AvgIpc) is 2.94. The van der Waals surface area contributed by atoms with E-state index in [0.29, 0.717) is 5.56 Å². The molecule has 1 aromatic rings. The van der Waals surface area contributed by atoms with Crippen molar-refractivity contribution in [1.29, 1.82) is 0 Å². The number of carbonyl (C=O) groups excluding carboxylic acids is 1. The minimum absolute atomic E-state index is 0.0573. The normalized spacial score (nSPS) is 11.3. The topological polar surface area (TPSA) is 39.2 Å². The van der Waals surface area contributed by atoms with Crippen molar-refractivity contribution >= 4 is 5.97 Å². The SMILES string of the molecule is CCCCCCCCCCCCCCC(CCCCCCCCCCCCCC)OC(=O)c1ccncc1. The lowest BCUT2D eigenvalue weighted by Gasteiger charge is -2.18. The standard InChI is InChI=1S/C35H63NO2/c1-3-5-7-9-11-13-15-17-19-21-23-25-27-34(38-35(37)33-29-31-36-32-30-33)28-26-24-22-20-18-16-14-12-10-8-6-4-2/h29-32,34H,3-28H2,1-2H3. The van der Waals surface area contributed by atoms with Crippen LogP contribution in [-0.2, 0) is 4.74 Å². The molecule has 1 aromatic heterocycles. The Bertz CT molecular complexity index is 590. The lowest BCUT2D eigenvalue weighted by molar-refractivity contribution is 0.0248. The van der Waals surface area contributed by atoms with Gasteiger partial charge in [0.25, 0.3) is 0 Å². The molecule has 0 aliphatic carbocycles. The fourth-order valence-electron chi connectivity index (χ4n) is 5.40. The smallest absolute Gasteiger partial charge is 0.338 e. The maximum atomic E-state index is 12.6. The van der Waals surface area contributed by atoms with E-state index in [1.807, 2.05) is 0 Å². The molecule has 3 heteroatoms. The largest absolute Gasteiger partial charge is 0.459 e. The van der Waals surface area contributed by atoms with Crippen molar-refractivity contribution in [2.24, 2.45) is 0 Å². The Morgan fingerprint density at radius 3 is 1.21 bits per heavy atom. The highest BCUT2D eigenvalue weighted by atomic mass is 16.5. The monoisotopic (exact) mass is 529 g/mol. The number of aromatic nitrogens is 1. The Morgan fingerprint density at radius 2 is 0.868 bits per heavy atom. The van der Waals surface area contributed by atoms with Crippen molar-refractivity contribution < 1.29 is 9.53 Å². The first-order valence-electron chi connectivity index (χ1n) is 16.9. The molecule has 0 amide bonds. The fraction of sp³-hybridized carbons (Fsp3) is 0.829. The van der Waals surface area contributed by atoms with Crippen LogP contribution in [0.4, 0.5) is 0 Å². The molecule has 0 fully saturated rings. The van der Waals surface area contributed by atoms with Crippen LogP contribution in [0.5, 0.6) is 0 Å². The van der Waals surface area contributed by atoms with Crippen LogP contribution in [0.1, 0.15) is 191 Å². The summed E-state index contributed by atoms with van der Waals surface area (Å²) < 4.78 is 5.97. The highest BCUT2D eigenvalue weighted by Gasteiger charge is 2.15. The van der Waals surface area contributed by atoms with Gasteiger partial charge in [-0.2, -0.15) is 0 Å². The first kappa shape index (κ1) is 34.6. The van der Waals surface area contributed by atoms with Crippen molar-refractivity contribution in [3.8, 4) is 0 Å². The number of carbonyl (C=O) groups is 1. The molecule has 1 heterocycles. The van der Waals surface area contributed by atoms with E-state index >= 15 is 0 Å². The van der Waals surface area contributed by atoms with Gasteiger partial charge in [0.05, 0.1) is 5.56 Å². The van der Waals surface area contributed by atoms with Crippen LogP contribution in [0.25, 0.3) is 0 Å². The van der Waals surface area contributed by atoms with Crippen LogP contribution in [-0.4, -0.2) is 17.1 Å². The number of pyridine rings is 1. The summed E-state index contributed by atoms with van der Waals surface area (Å²) >= 11 is 0. The maximum absolute atomic E-state index is 12.6. The molecule has 38 heavy (non-hydrogen) atoms. The summed E-state index contributed by atoms with van der Waals surface area (Å²) in [7, 11) is 0. The lowest BCUT2D eigenvalue weighted by Crippen LogP contribution is -2.18. The summed E-state index contributed by atoms with van der Waals surface area (Å²) in [5.74, 6) is -0.185. The van der Waals surface area contributed by atoms with E-state index in [4.69, 9.17) is 4.74 Å². The predicted octanol–water partition coefficient (Wildman–Crippen LogP) is 11.8. The molecule has 1 rings (SSSR count). The molecule has 0 atom stereocenters. The molecule has 0 N–H and O–H groups in total. The first-order chi connectivity index (χ1) is 18.8. The highest BCUT2D eigenvalue weighted by Crippen LogP contribution is 2.19. The van der Waals surface area contributed by atoms with Crippen LogP contribution in [0.3, 0.4) is 0 Å². The van der Waals surface area contributed by atoms with Gasteiger partial charge in [-0.05, 0) is 37.8 Å².